The number of piperazine rings is 1. The maximum absolute atomic E-state index is 12.6. The number of aliphatic carboxylic acids is 1. The highest BCUT2D eigenvalue weighted by Crippen LogP contribution is 2.32. The Morgan fingerprint density at radius 3 is 2.08 bits per heavy atom. The molecule has 1 heterocycles. The van der Waals surface area contributed by atoms with Crippen LogP contribution in [0.3, 0.4) is 0 Å². The lowest BCUT2D eigenvalue weighted by Crippen LogP contribution is -2.51. The molecule has 0 unspecified atom stereocenters. The third kappa shape index (κ3) is 3.81. The van der Waals surface area contributed by atoms with E-state index in [0.717, 1.165) is 0 Å². The number of carboxylic acids is 1. The van der Waals surface area contributed by atoms with Crippen LogP contribution in [-0.4, -0.2) is 66.0 Å². The molecule has 1 saturated heterocycles. The predicted molar refractivity (Wildman–Crippen MR) is 93.9 cm³/mol. The summed E-state index contributed by atoms with van der Waals surface area (Å²) in [7, 11) is 1.58. The molecule has 0 radical (unpaired) electrons. The van der Waals surface area contributed by atoms with Crippen LogP contribution in [0.25, 0.3) is 0 Å². The second kappa shape index (κ2) is 7.76. The summed E-state index contributed by atoms with van der Waals surface area (Å²) < 4.78 is 5.10. The average Bonchev–Trinajstić information content (AvgIpc) is 3.17. The van der Waals surface area contributed by atoms with E-state index in [4.69, 9.17) is 9.84 Å². The largest absolute Gasteiger partial charge is 0.497 e. The molecule has 2 aliphatic rings. The van der Waals surface area contributed by atoms with Gasteiger partial charge in [-0.3, -0.25) is 14.4 Å². The zero-order chi connectivity index (χ0) is 18.7. The van der Waals surface area contributed by atoms with Gasteiger partial charge in [0.15, 0.2) is 0 Å². The average molecular weight is 360 g/mol. The Hall–Kier alpha value is -2.57. The van der Waals surface area contributed by atoms with Crippen molar-refractivity contribution in [3.05, 3.63) is 29.8 Å². The van der Waals surface area contributed by atoms with Gasteiger partial charge < -0.3 is 19.6 Å². The zero-order valence-electron chi connectivity index (χ0n) is 14.9. The number of carboxylic acid groups (broad SMARTS) is 1. The molecule has 0 spiro atoms. The first-order valence-corrected chi connectivity index (χ1v) is 8.94. The molecule has 0 bridgehead atoms. The smallest absolute Gasteiger partial charge is 0.306 e. The summed E-state index contributed by atoms with van der Waals surface area (Å²) in [4.78, 5) is 39.8. The molecule has 1 N–H and O–H groups in total. The molecule has 26 heavy (non-hydrogen) atoms. The van der Waals surface area contributed by atoms with Crippen molar-refractivity contribution in [3.63, 3.8) is 0 Å². The Bertz CT molecular complexity index is 680. The molecular formula is C19H24N2O5. The molecule has 2 amide bonds. The van der Waals surface area contributed by atoms with E-state index < -0.39 is 11.9 Å². The van der Waals surface area contributed by atoms with Crippen LogP contribution >= 0.6 is 0 Å². The third-order valence-electron chi connectivity index (χ3n) is 5.35. The number of amides is 2. The van der Waals surface area contributed by atoms with Crippen molar-refractivity contribution in [1.29, 1.82) is 0 Å². The van der Waals surface area contributed by atoms with Crippen LogP contribution in [0.2, 0.25) is 0 Å². The first kappa shape index (κ1) is 18.2. The van der Waals surface area contributed by atoms with Gasteiger partial charge in [0.2, 0.25) is 5.91 Å². The zero-order valence-corrected chi connectivity index (χ0v) is 14.9. The number of hydrogen-bond donors (Lipinski definition) is 1. The van der Waals surface area contributed by atoms with Gasteiger partial charge in [0.25, 0.3) is 5.91 Å². The van der Waals surface area contributed by atoms with E-state index >= 15 is 0 Å². The van der Waals surface area contributed by atoms with Gasteiger partial charge in [-0.15, -0.1) is 0 Å². The van der Waals surface area contributed by atoms with Crippen LogP contribution in [-0.2, 0) is 9.59 Å². The fraction of sp³-hybridized carbons (Fsp3) is 0.526. The van der Waals surface area contributed by atoms with Gasteiger partial charge in [-0.25, -0.2) is 0 Å². The topological polar surface area (TPSA) is 87.2 Å². The standard InChI is InChI=1S/C19H24N2O5/c1-26-16-6-4-13(5-7-16)17(22)20-8-10-21(11-9-20)18(23)14-2-3-15(12-14)19(24)25/h4-7,14-15H,2-3,8-12H2,1H3,(H,24,25)/t14-,15+/m1/s1. The molecule has 7 nitrogen and oxygen atoms in total. The van der Waals surface area contributed by atoms with E-state index in [0.29, 0.717) is 56.8 Å². The second-order valence-electron chi connectivity index (χ2n) is 6.89. The van der Waals surface area contributed by atoms with Crippen molar-refractivity contribution in [1.82, 2.24) is 9.80 Å². The molecule has 140 valence electrons. The molecule has 2 atom stereocenters. The number of rotatable bonds is 4. The van der Waals surface area contributed by atoms with E-state index in [1.54, 1.807) is 41.2 Å². The number of nitrogens with zero attached hydrogens (tertiary/aromatic N) is 2. The first-order valence-electron chi connectivity index (χ1n) is 8.94. The van der Waals surface area contributed by atoms with Crippen LogP contribution in [0, 0.1) is 11.8 Å². The third-order valence-corrected chi connectivity index (χ3v) is 5.35. The van der Waals surface area contributed by atoms with Crippen LogP contribution < -0.4 is 4.74 Å². The van der Waals surface area contributed by atoms with Gasteiger partial charge in [-0.05, 0) is 43.5 Å². The predicted octanol–water partition coefficient (Wildman–Crippen LogP) is 1.48. The highest BCUT2D eigenvalue weighted by Gasteiger charge is 2.37. The van der Waals surface area contributed by atoms with E-state index in [1.165, 1.54) is 0 Å². The molecule has 1 aromatic rings. The molecule has 0 aromatic heterocycles. The highest BCUT2D eigenvalue weighted by atomic mass is 16.5. The van der Waals surface area contributed by atoms with Crippen molar-refractivity contribution < 1.29 is 24.2 Å². The Morgan fingerprint density at radius 1 is 0.962 bits per heavy atom. The summed E-state index contributed by atoms with van der Waals surface area (Å²) in [5, 5.41) is 9.08. The van der Waals surface area contributed by atoms with Crippen LogP contribution in [0.5, 0.6) is 5.75 Å². The van der Waals surface area contributed by atoms with Gasteiger partial charge in [0, 0.05) is 37.7 Å². The maximum Gasteiger partial charge on any atom is 0.306 e. The van der Waals surface area contributed by atoms with Crippen molar-refractivity contribution >= 4 is 17.8 Å². The summed E-state index contributed by atoms with van der Waals surface area (Å²) >= 11 is 0. The molecule has 7 heteroatoms. The Labute approximate surface area is 152 Å². The van der Waals surface area contributed by atoms with Gasteiger partial charge >= 0.3 is 5.97 Å². The summed E-state index contributed by atoms with van der Waals surface area (Å²) in [5.74, 6) is -0.720. The van der Waals surface area contributed by atoms with Gasteiger partial charge in [0.1, 0.15) is 5.75 Å². The minimum atomic E-state index is -0.810. The lowest BCUT2D eigenvalue weighted by atomic mass is 10.0. The van der Waals surface area contributed by atoms with Gasteiger partial charge in [-0.1, -0.05) is 0 Å². The fourth-order valence-electron chi connectivity index (χ4n) is 3.73. The Morgan fingerprint density at radius 2 is 1.54 bits per heavy atom. The fourth-order valence-corrected chi connectivity index (χ4v) is 3.73. The van der Waals surface area contributed by atoms with Crippen molar-refractivity contribution in [3.8, 4) is 5.75 Å². The molecular weight excluding hydrogens is 336 g/mol. The van der Waals surface area contributed by atoms with E-state index in [1.807, 2.05) is 0 Å². The molecule has 1 saturated carbocycles. The van der Waals surface area contributed by atoms with Crippen LogP contribution in [0.15, 0.2) is 24.3 Å². The van der Waals surface area contributed by atoms with Crippen molar-refractivity contribution in [2.45, 2.75) is 19.3 Å². The lowest BCUT2D eigenvalue weighted by Gasteiger charge is -2.36. The lowest BCUT2D eigenvalue weighted by molar-refractivity contribution is -0.142. The minimum Gasteiger partial charge on any atom is -0.497 e. The maximum atomic E-state index is 12.6. The molecule has 1 aromatic carbocycles. The molecule has 1 aliphatic heterocycles. The summed E-state index contributed by atoms with van der Waals surface area (Å²) in [6.07, 6.45) is 1.64. The highest BCUT2D eigenvalue weighted by molar-refractivity contribution is 5.94. The van der Waals surface area contributed by atoms with Gasteiger partial charge in [-0.2, -0.15) is 0 Å². The number of ether oxygens (including phenoxy) is 1. The van der Waals surface area contributed by atoms with Crippen LogP contribution in [0.4, 0.5) is 0 Å². The van der Waals surface area contributed by atoms with Crippen molar-refractivity contribution in [2.24, 2.45) is 11.8 Å². The molecule has 1 aliphatic carbocycles. The SMILES string of the molecule is COc1ccc(C(=O)N2CCN(C(=O)[C@@H]3CC[C@H](C(=O)O)C3)CC2)cc1. The minimum absolute atomic E-state index is 0.0327. The Balaban J connectivity index is 1.53. The number of methoxy groups -OCH3 is 1. The van der Waals surface area contributed by atoms with E-state index in [2.05, 4.69) is 0 Å². The quantitative estimate of drug-likeness (QED) is 0.879. The van der Waals surface area contributed by atoms with E-state index in [-0.39, 0.29) is 17.7 Å². The summed E-state index contributed by atoms with van der Waals surface area (Å²) in [6, 6.07) is 6.99. The van der Waals surface area contributed by atoms with Gasteiger partial charge in [0.05, 0.1) is 13.0 Å². The van der Waals surface area contributed by atoms with E-state index in [9.17, 15) is 14.4 Å². The van der Waals surface area contributed by atoms with Crippen molar-refractivity contribution in [2.75, 3.05) is 33.3 Å². The molecule has 3 rings (SSSR count). The normalized spacial score (nSPS) is 23.0. The monoisotopic (exact) mass is 360 g/mol. The summed E-state index contributed by atoms with van der Waals surface area (Å²) in [5.41, 5.74) is 0.602. The number of benzene rings is 1. The number of carbonyl (C=O) groups is 3. The Kier molecular flexibility index (Phi) is 5.44. The molecule has 2 fully saturated rings. The first-order chi connectivity index (χ1) is 12.5. The summed E-state index contributed by atoms with van der Waals surface area (Å²) in [6.45, 7) is 1.97. The number of hydrogen-bond acceptors (Lipinski definition) is 4. The number of carbonyl (C=O) groups excluding carboxylic acids is 2. The second-order valence-corrected chi connectivity index (χ2v) is 6.89. The van der Waals surface area contributed by atoms with Crippen LogP contribution in [0.1, 0.15) is 29.6 Å².